The number of halogens is 3. The van der Waals surface area contributed by atoms with Crippen molar-refractivity contribution in [3.8, 4) is 6.07 Å². The number of nitrogens with zero attached hydrogens (tertiary/aromatic N) is 2. The Morgan fingerprint density at radius 2 is 1.77 bits per heavy atom. The van der Waals surface area contributed by atoms with Crippen molar-refractivity contribution in [3.63, 3.8) is 0 Å². The molecule has 2 aliphatic rings. The smallest absolute Gasteiger partial charge is 0.386 e. The highest BCUT2D eigenvalue weighted by Gasteiger charge is 2.33. The van der Waals surface area contributed by atoms with Crippen molar-refractivity contribution in [2.45, 2.75) is 56.4 Å². The Labute approximate surface area is 178 Å². The molecular formula is C21H25F3N6O. The van der Waals surface area contributed by atoms with Gasteiger partial charge in [0.25, 0.3) is 5.91 Å². The number of rotatable bonds is 7. The van der Waals surface area contributed by atoms with E-state index in [1.165, 1.54) is 19.0 Å². The second-order valence-corrected chi connectivity index (χ2v) is 7.92. The van der Waals surface area contributed by atoms with Crippen LogP contribution in [0.25, 0.3) is 0 Å². The highest BCUT2D eigenvalue weighted by atomic mass is 19.4. The van der Waals surface area contributed by atoms with E-state index in [-0.39, 0.29) is 29.1 Å². The molecule has 1 aromatic carbocycles. The number of amidine groups is 1. The van der Waals surface area contributed by atoms with Gasteiger partial charge in [0, 0.05) is 24.3 Å². The predicted octanol–water partition coefficient (Wildman–Crippen LogP) is 2.47. The molecular weight excluding hydrogens is 409 g/mol. The van der Waals surface area contributed by atoms with Crippen LogP contribution in [0.15, 0.2) is 41.0 Å². The van der Waals surface area contributed by atoms with Crippen molar-refractivity contribution >= 4 is 17.4 Å². The zero-order valence-corrected chi connectivity index (χ0v) is 16.8. The number of hydrogen-bond acceptors (Lipinski definition) is 5. The summed E-state index contributed by atoms with van der Waals surface area (Å²) >= 11 is 0. The van der Waals surface area contributed by atoms with Crippen molar-refractivity contribution in [2.75, 3.05) is 0 Å². The molecule has 0 saturated heterocycles. The molecule has 0 unspecified atom stereocenters. The molecule has 2 saturated carbocycles. The summed E-state index contributed by atoms with van der Waals surface area (Å²) in [5.41, 5.74) is 10.5. The molecule has 31 heavy (non-hydrogen) atoms. The van der Waals surface area contributed by atoms with Crippen LogP contribution in [0.3, 0.4) is 0 Å². The Morgan fingerprint density at radius 1 is 1.13 bits per heavy atom. The van der Waals surface area contributed by atoms with Gasteiger partial charge >= 0.3 is 6.18 Å². The van der Waals surface area contributed by atoms with Gasteiger partial charge in [0.05, 0.1) is 28.8 Å². The van der Waals surface area contributed by atoms with Gasteiger partial charge in [-0.2, -0.15) is 18.4 Å². The Hall–Kier alpha value is -3.06. The largest absolute Gasteiger partial charge is 0.416 e. The van der Waals surface area contributed by atoms with Gasteiger partial charge in [-0.1, -0.05) is 0 Å². The zero-order valence-electron chi connectivity index (χ0n) is 16.8. The van der Waals surface area contributed by atoms with Crippen molar-refractivity contribution in [1.82, 2.24) is 10.6 Å². The van der Waals surface area contributed by atoms with E-state index in [1.807, 2.05) is 0 Å². The number of amides is 1. The summed E-state index contributed by atoms with van der Waals surface area (Å²) in [6.07, 6.45) is 1.59. The molecule has 10 heteroatoms. The fraction of sp³-hybridized carbons (Fsp3) is 0.476. The number of carbonyl (C=O) groups is 1. The molecule has 0 spiro atoms. The van der Waals surface area contributed by atoms with E-state index in [4.69, 9.17) is 11.5 Å². The molecule has 2 aliphatic carbocycles. The summed E-state index contributed by atoms with van der Waals surface area (Å²) < 4.78 is 38.0. The fourth-order valence-electron chi connectivity index (χ4n) is 3.63. The SMILES string of the molecule is N#C[C@H]1C[C@@H](NC2CC2)CC[C@@H]1N/C=C(/C(N)=O)C(N)=Nc1ccc(C(F)(F)F)cc1. The van der Waals surface area contributed by atoms with Crippen molar-refractivity contribution < 1.29 is 18.0 Å². The van der Waals surface area contributed by atoms with Gasteiger partial charge in [-0.3, -0.25) is 4.79 Å². The second-order valence-electron chi connectivity index (χ2n) is 7.92. The normalized spacial score (nSPS) is 25.0. The molecule has 1 amide bonds. The van der Waals surface area contributed by atoms with Crippen LogP contribution in [0.2, 0.25) is 0 Å². The quantitative estimate of drug-likeness (QED) is 0.298. The first kappa shape index (κ1) is 22.6. The van der Waals surface area contributed by atoms with E-state index in [0.717, 1.165) is 37.1 Å². The van der Waals surface area contributed by atoms with Crippen LogP contribution in [0.5, 0.6) is 0 Å². The van der Waals surface area contributed by atoms with Crippen LogP contribution in [-0.4, -0.2) is 29.9 Å². The number of alkyl halides is 3. The van der Waals surface area contributed by atoms with Crippen LogP contribution in [0.4, 0.5) is 18.9 Å². The fourth-order valence-corrected chi connectivity index (χ4v) is 3.63. The van der Waals surface area contributed by atoms with Gasteiger partial charge in [-0.15, -0.1) is 0 Å². The molecule has 0 heterocycles. The summed E-state index contributed by atoms with van der Waals surface area (Å²) in [6, 6.07) is 7.08. The summed E-state index contributed by atoms with van der Waals surface area (Å²) in [5.74, 6) is -1.31. The summed E-state index contributed by atoms with van der Waals surface area (Å²) in [4.78, 5) is 15.9. The molecule has 0 bridgehead atoms. The third kappa shape index (κ3) is 6.21. The zero-order chi connectivity index (χ0) is 22.6. The lowest BCUT2D eigenvalue weighted by atomic mass is 9.82. The van der Waals surface area contributed by atoms with Gasteiger partial charge in [0.2, 0.25) is 0 Å². The summed E-state index contributed by atoms with van der Waals surface area (Å²) in [6.45, 7) is 0. The first-order valence-corrected chi connectivity index (χ1v) is 10.1. The van der Waals surface area contributed by atoms with E-state index in [9.17, 15) is 23.2 Å². The number of benzene rings is 1. The number of hydrogen-bond donors (Lipinski definition) is 4. The Balaban J connectivity index is 1.68. The molecule has 3 atom stereocenters. The maximum Gasteiger partial charge on any atom is 0.416 e. The summed E-state index contributed by atoms with van der Waals surface area (Å²) in [5, 5.41) is 16.1. The maximum atomic E-state index is 12.7. The highest BCUT2D eigenvalue weighted by Crippen LogP contribution is 2.31. The minimum absolute atomic E-state index is 0.102. The molecule has 0 aliphatic heterocycles. The van der Waals surface area contributed by atoms with Crippen molar-refractivity contribution in [2.24, 2.45) is 22.4 Å². The Kier molecular flexibility index (Phi) is 6.85. The van der Waals surface area contributed by atoms with Gasteiger partial charge in [-0.05, 0) is 56.4 Å². The monoisotopic (exact) mass is 434 g/mol. The molecule has 6 N–H and O–H groups in total. The average molecular weight is 434 g/mol. The predicted molar refractivity (Wildman–Crippen MR) is 110 cm³/mol. The van der Waals surface area contributed by atoms with Gasteiger partial charge in [0.15, 0.2) is 0 Å². The lowest BCUT2D eigenvalue weighted by Gasteiger charge is -2.33. The highest BCUT2D eigenvalue weighted by molar-refractivity contribution is 6.20. The third-order valence-electron chi connectivity index (χ3n) is 5.49. The standard InChI is InChI=1S/C21H25F3N6O/c22-21(23,24)13-1-3-15(4-2-13)30-19(26)17(20(27)31)11-28-18-8-7-16(9-12(18)10-25)29-14-5-6-14/h1-4,11-12,14,16,18,28-29H,5-9H2,(H2,26,30)(H2,27,31)/b17-11+/t12-,16+,18+/m1/s1. The van der Waals surface area contributed by atoms with Crippen LogP contribution in [-0.2, 0) is 11.0 Å². The molecule has 7 nitrogen and oxygen atoms in total. The van der Waals surface area contributed by atoms with Crippen molar-refractivity contribution in [3.05, 3.63) is 41.6 Å². The molecule has 0 aromatic heterocycles. The van der Waals surface area contributed by atoms with E-state index in [2.05, 4.69) is 21.7 Å². The van der Waals surface area contributed by atoms with Gasteiger partial charge in [-0.25, -0.2) is 4.99 Å². The van der Waals surface area contributed by atoms with Crippen LogP contribution in [0, 0.1) is 17.2 Å². The van der Waals surface area contributed by atoms with Crippen LogP contribution in [0.1, 0.15) is 37.7 Å². The average Bonchev–Trinajstić information content (AvgIpc) is 3.52. The van der Waals surface area contributed by atoms with Crippen LogP contribution >= 0.6 is 0 Å². The lowest BCUT2D eigenvalue weighted by Crippen LogP contribution is -2.45. The molecule has 3 rings (SSSR count). The number of primary amides is 1. The van der Waals surface area contributed by atoms with Gasteiger partial charge < -0.3 is 22.1 Å². The van der Waals surface area contributed by atoms with E-state index in [1.54, 1.807) is 0 Å². The number of nitrogens with one attached hydrogen (secondary N) is 2. The molecule has 0 radical (unpaired) electrons. The number of nitrogens with two attached hydrogens (primary N) is 2. The minimum Gasteiger partial charge on any atom is -0.386 e. The second kappa shape index (κ2) is 9.39. The number of aliphatic imine (C=N–C) groups is 1. The molecule has 1 aromatic rings. The Bertz CT molecular complexity index is 899. The number of nitriles is 1. The van der Waals surface area contributed by atoms with Crippen molar-refractivity contribution in [1.29, 1.82) is 5.26 Å². The first-order chi connectivity index (χ1) is 14.7. The third-order valence-corrected chi connectivity index (χ3v) is 5.49. The topological polar surface area (TPSA) is 129 Å². The van der Waals surface area contributed by atoms with Crippen LogP contribution < -0.4 is 22.1 Å². The van der Waals surface area contributed by atoms with E-state index >= 15 is 0 Å². The summed E-state index contributed by atoms with van der Waals surface area (Å²) in [7, 11) is 0. The first-order valence-electron chi connectivity index (χ1n) is 10.1. The van der Waals surface area contributed by atoms with Gasteiger partial charge in [0.1, 0.15) is 5.84 Å². The molecule has 2 fully saturated rings. The lowest BCUT2D eigenvalue weighted by molar-refractivity contribution is -0.137. The maximum absolute atomic E-state index is 12.7. The molecule has 166 valence electrons. The minimum atomic E-state index is -4.46. The van der Waals surface area contributed by atoms with E-state index < -0.39 is 17.6 Å². The number of carbonyl (C=O) groups excluding carboxylic acids is 1. The Morgan fingerprint density at radius 3 is 2.32 bits per heavy atom. The van der Waals surface area contributed by atoms with E-state index in [0.29, 0.717) is 18.5 Å².